The second-order valence-electron chi connectivity index (χ2n) is 3.77. The third kappa shape index (κ3) is 1.97. The first kappa shape index (κ1) is 9.96. The topological polar surface area (TPSA) is 52.5 Å². The van der Waals surface area contributed by atoms with E-state index in [1.54, 1.807) is 0 Å². The zero-order valence-corrected chi connectivity index (χ0v) is 7.83. The Morgan fingerprint density at radius 2 is 2.08 bits per heavy atom. The van der Waals surface area contributed by atoms with Crippen molar-refractivity contribution in [3.63, 3.8) is 0 Å². The van der Waals surface area contributed by atoms with Crippen molar-refractivity contribution < 1.29 is 10.2 Å². The molecule has 0 amide bonds. The lowest BCUT2D eigenvalue weighted by Crippen LogP contribution is -2.52. The molecular formula is C9H19NO2. The van der Waals surface area contributed by atoms with Crippen LogP contribution in [0.15, 0.2) is 0 Å². The van der Waals surface area contributed by atoms with Crippen molar-refractivity contribution in [1.82, 2.24) is 5.32 Å². The molecule has 0 bridgehead atoms. The maximum atomic E-state index is 9.65. The molecular weight excluding hydrogens is 154 g/mol. The molecule has 0 radical (unpaired) electrons. The van der Waals surface area contributed by atoms with Crippen LogP contribution in [-0.2, 0) is 0 Å². The highest BCUT2D eigenvalue weighted by Crippen LogP contribution is 2.22. The zero-order valence-electron chi connectivity index (χ0n) is 7.83. The fourth-order valence-electron chi connectivity index (χ4n) is 1.77. The normalized spacial score (nSPS) is 39.5. The Balaban J connectivity index is 2.51. The van der Waals surface area contributed by atoms with Crippen molar-refractivity contribution >= 4 is 0 Å². The van der Waals surface area contributed by atoms with Crippen molar-refractivity contribution in [2.45, 2.75) is 32.5 Å². The van der Waals surface area contributed by atoms with E-state index in [-0.39, 0.29) is 5.92 Å². The van der Waals surface area contributed by atoms with Crippen molar-refractivity contribution in [3.8, 4) is 0 Å². The number of piperidine rings is 1. The third-order valence-electron chi connectivity index (χ3n) is 2.94. The van der Waals surface area contributed by atoms with Crippen LogP contribution in [0.5, 0.6) is 0 Å². The summed E-state index contributed by atoms with van der Waals surface area (Å²) in [7, 11) is 0. The smallest absolute Gasteiger partial charge is 0.0926 e. The van der Waals surface area contributed by atoms with E-state index >= 15 is 0 Å². The van der Waals surface area contributed by atoms with Crippen LogP contribution in [0.2, 0.25) is 0 Å². The molecule has 72 valence electrons. The van der Waals surface area contributed by atoms with Gasteiger partial charge in [-0.25, -0.2) is 0 Å². The van der Waals surface area contributed by atoms with Crippen molar-refractivity contribution in [3.05, 3.63) is 0 Å². The summed E-state index contributed by atoms with van der Waals surface area (Å²) in [6.07, 6.45) is -0.0743. The quantitative estimate of drug-likeness (QED) is 0.550. The predicted molar refractivity (Wildman–Crippen MR) is 47.8 cm³/mol. The highest BCUT2D eigenvalue weighted by atomic mass is 16.3. The fraction of sp³-hybridized carbons (Fsp3) is 1.00. The molecule has 1 rings (SSSR count). The van der Waals surface area contributed by atoms with Gasteiger partial charge in [-0.05, 0) is 5.92 Å². The summed E-state index contributed by atoms with van der Waals surface area (Å²) in [5.41, 5.74) is 0. The lowest BCUT2D eigenvalue weighted by Gasteiger charge is -2.35. The van der Waals surface area contributed by atoms with E-state index in [0.29, 0.717) is 12.5 Å². The average Bonchev–Trinajstić information content (AvgIpc) is 2.08. The summed E-state index contributed by atoms with van der Waals surface area (Å²) < 4.78 is 0. The van der Waals surface area contributed by atoms with Crippen LogP contribution in [0.25, 0.3) is 0 Å². The van der Waals surface area contributed by atoms with E-state index in [1.807, 2.05) is 0 Å². The van der Waals surface area contributed by atoms with Gasteiger partial charge in [-0.2, -0.15) is 0 Å². The number of hydrogen-bond acceptors (Lipinski definition) is 3. The van der Waals surface area contributed by atoms with Gasteiger partial charge in [0.15, 0.2) is 0 Å². The molecule has 0 unspecified atom stereocenters. The van der Waals surface area contributed by atoms with Crippen LogP contribution in [0.1, 0.15) is 20.3 Å². The van der Waals surface area contributed by atoms with Gasteiger partial charge in [-0.1, -0.05) is 20.3 Å². The molecule has 1 saturated heterocycles. The number of nitrogens with one attached hydrogen (secondary N) is 1. The molecule has 0 spiro atoms. The lowest BCUT2D eigenvalue weighted by atomic mass is 9.82. The maximum Gasteiger partial charge on any atom is 0.0926 e. The fourth-order valence-corrected chi connectivity index (χ4v) is 1.77. The Kier molecular flexibility index (Phi) is 3.50. The minimum atomic E-state index is -0.585. The van der Waals surface area contributed by atoms with Crippen LogP contribution < -0.4 is 5.32 Å². The molecule has 0 aromatic heterocycles. The SMILES string of the molecule is CC[C@@H](C)[C@H]1CNC[C@@H](O)[C@@H]1O. The molecule has 3 N–H and O–H groups in total. The van der Waals surface area contributed by atoms with Gasteiger partial charge in [0, 0.05) is 19.0 Å². The van der Waals surface area contributed by atoms with E-state index in [4.69, 9.17) is 0 Å². The Hall–Kier alpha value is -0.120. The molecule has 12 heavy (non-hydrogen) atoms. The van der Waals surface area contributed by atoms with Gasteiger partial charge in [0.2, 0.25) is 0 Å². The number of β-amino-alcohol motifs (C(OH)–C–C–N with tert-alkyl or cyclic N) is 1. The second-order valence-corrected chi connectivity index (χ2v) is 3.77. The van der Waals surface area contributed by atoms with Gasteiger partial charge in [0.05, 0.1) is 12.2 Å². The average molecular weight is 173 g/mol. The number of rotatable bonds is 2. The van der Waals surface area contributed by atoms with E-state index in [9.17, 15) is 10.2 Å². The Labute approximate surface area is 73.8 Å². The van der Waals surface area contributed by atoms with Gasteiger partial charge >= 0.3 is 0 Å². The molecule has 3 nitrogen and oxygen atoms in total. The lowest BCUT2D eigenvalue weighted by molar-refractivity contribution is -0.0501. The molecule has 0 saturated carbocycles. The van der Waals surface area contributed by atoms with Gasteiger partial charge in [-0.15, -0.1) is 0 Å². The molecule has 0 aromatic carbocycles. The molecule has 1 aliphatic heterocycles. The number of aliphatic hydroxyl groups excluding tert-OH is 2. The predicted octanol–water partition coefficient (Wildman–Crippen LogP) is -0.0263. The number of aliphatic hydroxyl groups is 2. The first-order valence-electron chi connectivity index (χ1n) is 4.73. The Morgan fingerprint density at radius 1 is 1.42 bits per heavy atom. The standard InChI is InChI=1S/C9H19NO2/c1-3-6(2)7-4-10-5-8(11)9(7)12/h6-12H,3-5H2,1-2H3/t6-,7-,8-,9-/m1/s1. The summed E-state index contributed by atoms with van der Waals surface area (Å²) in [5.74, 6) is 0.682. The minimum Gasteiger partial charge on any atom is -0.390 e. The highest BCUT2D eigenvalue weighted by Gasteiger charge is 2.32. The largest absolute Gasteiger partial charge is 0.390 e. The molecule has 0 aromatic rings. The molecule has 1 fully saturated rings. The van der Waals surface area contributed by atoms with Gasteiger partial charge < -0.3 is 15.5 Å². The molecule has 1 heterocycles. The van der Waals surface area contributed by atoms with Crippen LogP contribution >= 0.6 is 0 Å². The van der Waals surface area contributed by atoms with E-state index < -0.39 is 12.2 Å². The summed E-state index contributed by atoms with van der Waals surface area (Å²) in [5, 5.41) is 22.1. The first-order valence-corrected chi connectivity index (χ1v) is 4.73. The Bertz CT molecular complexity index is 140. The van der Waals surface area contributed by atoms with E-state index in [0.717, 1.165) is 13.0 Å². The summed E-state index contributed by atoms with van der Waals surface area (Å²) in [6, 6.07) is 0. The monoisotopic (exact) mass is 173 g/mol. The van der Waals surface area contributed by atoms with Crippen LogP contribution in [0.3, 0.4) is 0 Å². The van der Waals surface area contributed by atoms with Crippen molar-refractivity contribution in [1.29, 1.82) is 0 Å². The van der Waals surface area contributed by atoms with Crippen molar-refractivity contribution in [2.75, 3.05) is 13.1 Å². The van der Waals surface area contributed by atoms with E-state index in [2.05, 4.69) is 19.2 Å². The van der Waals surface area contributed by atoms with Gasteiger partial charge in [-0.3, -0.25) is 0 Å². The van der Waals surface area contributed by atoms with Gasteiger partial charge in [0.25, 0.3) is 0 Å². The van der Waals surface area contributed by atoms with Crippen LogP contribution in [0.4, 0.5) is 0 Å². The molecule has 0 aliphatic carbocycles. The minimum absolute atomic E-state index is 0.207. The zero-order chi connectivity index (χ0) is 9.14. The maximum absolute atomic E-state index is 9.65. The summed E-state index contributed by atoms with van der Waals surface area (Å²) >= 11 is 0. The number of hydrogen-bond donors (Lipinski definition) is 3. The third-order valence-corrected chi connectivity index (χ3v) is 2.94. The van der Waals surface area contributed by atoms with Crippen molar-refractivity contribution in [2.24, 2.45) is 11.8 Å². The Morgan fingerprint density at radius 3 is 2.67 bits per heavy atom. The molecule has 1 aliphatic rings. The second kappa shape index (κ2) is 4.21. The molecule has 3 heteroatoms. The first-order chi connectivity index (χ1) is 5.66. The van der Waals surface area contributed by atoms with Crippen LogP contribution in [-0.4, -0.2) is 35.5 Å². The van der Waals surface area contributed by atoms with E-state index in [1.165, 1.54) is 0 Å². The van der Waals surface area contributed by atoms with Crippen LogP contribution in [0, 0.1) is 11.8 Å². The summed E-state index contributed by atoms with van der Waals surface area (Å²) in [4.78, 5) is 0. The summed E-state index contributed by atoms with van der Waals surface area (Å²) in [6.45, 7) is 5.58. The molecule has 4 atom stereocenters. The van der Waals surface area contributed by atoms with Gasteiger partial charge in [0.1, 0.15) is 0 Å². The highest BCUT2D eigenvalue weighted by molar-refractivity contribution is 4.86.